The average molecular weight is 381 g/mol. The van der Waals surface area contributed by atoms with Crippen molar-refractivity contribution in [3.63, 3.8) is 0 Å². The van der Waals surface area contributed by atoms with Gasteiger partial charge in [0.15, 0.2) is 0 Å². The van der Waals surface area contributed by atoms with E-state index >= 15 is 0 Å². The minimum atomic E-state index is -0.280. The van der Waals surface area contributed by atoms with Crippen LogP contribution in [0.25, 0.3) is 11.0 Å². The Morgan fingerprint density at radius 2 is 1.89 bits per heavy atom. The fourth-order valence-electron chi connectivity index (χ4n) is 3.90. The molecular weight excluding hydrogens is 354 g/mol. The number of amides is 1. The molecule has 0 radical (unpaired) electrons. The Labute approximate surface area is 164 Å². The van der Waals surface area contributed by atoms with Crippen LogP contribution in [-0.2, 0) is 11.2 Å². The third kappa shape index (κ3) is 3.46. The summed E-state index contributed by atoms with van der Waals surface area (Å²) in [5, 5.41) is 6.80. The van der Waals surface area contributed by atoms with E-state index in [0.29, 0.717) is 19.0 Å². The molecule has 1 aromatic carbocycles. The highest BCUT2D eigenvalue weighted by Gasteiger charge is 2.29. The van der Waals surface area contributed by atoms with Gasteiger partial charge in [0.05, 0.1) is 11.0 Å². The highest BCUT2D eigenvalue weighted by Crippen LogP contribution is 2.25. The fraction of sp³-hybridized carbons (Fsp3) is 0.500. The predicted octanol–water partition coefficient (Wildman–Crippen LogP) is 2.26. The van der Waals surface area contributed by atoms with E-state index in [4.69, 9.17) is 4.98 Å². The van der Waals surface area contributed by atoms with Crippen molar-refractivity contribution >= 4 is 22.9 Å². The molecule has 0 saturated carbocycles. The summed E-state index contributed by atoms with van der Waals surface area (Å²) in [6.45, 7) is 9.20. The first kappa shape index (κ1) is 18.5. The maximum atomic E-state index is 13.3. The van der Waals surface area contributed by atoms with Crippen LogP contribution in [0, 0.1) is 5.92 Å². The molecule has 1 aliphatic rings. The Kier molecular flexibility index (Phi) is 5.02. The first-order valence-electron chi connectivity index (χ1n) is 9.89. The maximum Gasteiger partial charge on any atom is 0.245 e. The Morgan fingerprint density at radius 3 is 2.57 bits per heavy atom. The highest BCUT2D eigenvalue weighted by atomic mass is 16.2. The van der Waals surface area contributed by atoms with Crippen molar-refractivity contribution in [1.82, 2.24) is 29.6 Å². The summed E-state index contributed by atoms with van der Waals surface area (Å²) in [6, 6.07) is 7.79. The predicted molar refractivity (Wildman–Crippen MR) is 108 cm³/mol. The van der Waals surface area contributed by atoms with Crippen molar-refractivity contribution in [2.75, 3.05) is 31.1 Å². The van der Waals surface area contributed by atoms with Gasteiger partial charge >= 0.3 is 0 Å². The molecule has 1 N–H and O–H groups in total. The van der Waals surface area contributed by atoms with Gasteiger partial charge < -0.3 is 14.4 Å². The number of aromatic nitrogens is 5. The molecule has 1 amide bonds. The molecule has 8 heteroatoms. The SMILES string of the molecule is CC(C)Cc1nc2ccccc2n1C(C)C(=O)N1CCN(c2ncn[nH]2)CC1. The van der Waals surface area contributed by atoms with Crippen molar-refractivity contribution in [2.24, 2.45) is 5.92 Å². The molecule has 4 rings (SSSR count). The number of rotatable bonds is 5. The Hall–Kier alpha value is -2.90. The number of H-pyrrole nitrogens is 1. The number of para-hydroxylation sites is 2. The summed E-state index contributed by atoms with van der Waals surface area (Å²) in [5.74, 6) is 2.37. The molecule has 0 spiro atoms. The van der Waals surface area contributed by atoms with E-state index in [0.717, 1.165) is 42.3 Å². The lowest BCUT2D eigenvalue weighted by Crippen LogP contribution is -2.50. The lowest BCUT2D eigenvalue weighted by atomic mass is 10.1. The monoisotopic (exact) mass is 381 g/mol. The Balaban J connectivity index is 1.54. The Morgan fingerprint density at radius 1 is 1.14 bits per heavy atom. The average Bonchev–Trinajstić information content (AvgIpc) is 3.34. The topological polar surface area (TPSA) is 82.9 Å². The molecule has 8 nitrogen and oxygen atoms in total. The van der Waals surface area contributed by atoms with Gasteiger partial charge in [-0.3, -0.25) is 4.79 Å². The summed E-state index contributed by atoms with van der Waals surface area (Å²) >= 11 is 0. The van der Waals surface area contributed by atoms with Crippen LogP contribution in [0.3, 0.4) is 0 Å². The lowest BCUT2D eigenvalue weighted by Gasteiger charge is -2.36. The number of nitrogens with one attached hydrogen (secondary N) is 1. The van der Waals surface area contributed by atoms with E-state index in [1.54, 1.807) is 0 Å². The summed E-state index contributed by atoms with van der Waals surface area (Å²) < 4.78 is 2.13. The maximum absolute atomic E-state index is 13.3. The molecule has 0 bridgehead atoms. The zero-order valence-electron chi connectivity index (χ0n) is 16.7. The van der Waals surface area contributed by atoms with Gasteiger partial charge in [0.1, 0.15) is 18.2 Å². The summed E-state index contributed by atoms with van der Waals surface area (Å²) in [5.41, 5.74) is 1.98. The second-order valence-electron chi connectivity index (χ2n) is 7.78. The smallest absolute Gasteiger partial charge is 0.245 e. The molecule has 3 heterocycles. The summed E-state index contributed by atoms with van der Waals surface area (Å²) in [6.07, 6.45) is 2.36. The standard InChI is InChI=1S/C20H27N7O/c1-14(2)12-18-23-16-6-4-5-7-17(16)27(18)15(3)19(28)25-8-10-26(11-9-25)20-21-13-22-24-20/h4-7,13-15H,8-12H2,1-3H3,(H,21,22,24). The number of imidazole rings is 1. The number of carbonyl (C=O) groups excluding carboxylic acids is 1. The molecule has 28 heavy (non-hydrogen) atoms. The van der Waals surface area contributed by atoms with Crippen LogP contribution in [0.15, 0.2) is 30.6 Å². The largest absolute Gasteiger partial charge is 0.338 e. The number of benzene rings is 1. The van der Waals surface area contributed by atoms with Crippen LogP contribution >= 0.6 is 0 Å². The van der Waals surface area contributed by atoms with Gasteiger partial charge in [0, 0.05) is 32.6 Å². The number of fused-ring (bicyclic) bond motifs is 1. The third-order valence-corrected chi connectivity index (χ3v) is 5.30. The van der Waals surface area contributed by atoms with Crippen molar-refractivity contribution in [1.29, 1.82) is 0 Å². The molecule has 1 unspecified atom stereocenters. The number of carbonyl (C=O) groups is 1. The second-order valence-corrected chi connectivity index (χ2v) is 7.78. The first-order chi connectivity index (χ1) is 13.5. The van der Waals surface area contributed by atoms with E-state index in [9.17, 15) is 4.79 Å². The van der Waals surface area contributed by atoms with Gasteiger partial charge in [-0.15, -0.1) is 0 Å². The van der Waals surface area contributed by atoms with Crippen molar-refractivity contribution in [2.45, 2.75) is 33.2 Å². The zero-order chi connectivity index (χ0) is 19.7. The molecule has 0 aliphatic carbocycles. The van der Waals surface area contributed by atoms with Crippen molar-refractivity contribution in [3.8, 4) is 0 Å². The van der Waals surface area contributed by atoms with Gasteiger partial charge in [0.2, 0.25) is 11.9 Å². The van der Waals surface area contributed by atoms with E-state index in [-0.39, 0.29) is 11.9 Å². The van der Waals surface area contributed by atoms with E-state index in [2.05, 4.69) is 44.6 Å². The lowest BCUT2D eigenvalue weighted by molar-refractivity contribution is -0.134. The van der Waals surface area contributed by atoms with Gasteiger partial charge in [-0.05, 0) is 25.0 Å². The normalized spacial score (nSPS) is 16.1. The van der Waals surface area contributed by atoms with Crippen LogP contribution < -0.4 is 4.90 Å². The number of hydrogen-bond acceptors (Lipinski definition) is 5. The molecule has 2 aromatic heterocycles. The van der Waals surface area contributed by atoms with Crippen LogP contribution in [-0.4, -0.2) is 61.7 Å². The molecule has 1 fully saturated rings. The van der Waals surface area contributed by atoms with Crippen LogP contribution in [0.4, 0.5) is 5.95 Å². The van der Waals surface area contributed by atoms with Gasteiger partial charge in [-0.25, -0.2) is 10.1 Å². The summed E-state index contributed by atoms with van der Waals surface area (Å²) in [7, 11) is 0. The molecule has 1 saturated heterocycles. The van der Waals surface area contributed by atoms with Crippen LogP contribution in [0.1, 0.15) is 32.6 Å². The van der Waals surface area contributed by atoms with Crippen LogP contribution in [0.2, 0.25) is 0 Å². The molecule has 148 valence electrons. The highest BCUT2D eigenvalue weighted by molar-refractivity contribution is 5.84. The van der Waals surface area contributed by atoms with E-state index in [1.807, 2.05) is 30.0 Å². The molecule has 1 atom stereocenters. The fourth-order valence-corrected chi connectivity index (χ4v) is 3.90. The second kappa shape index (κ2) is 7.61. The minimum Gasteiger partial charge on any atom is -0.338 e. The number of anilines is 1. The first-order valence-corrected chi connectivity index (χ1v) is 9.89. The van der Waals surface area contributed by atoms with Crippen molar-refractivity contribution in [3.05, 3.63) is 36.4 Å². The summed E-state index contributed by atoms with van der Waals surface area (Å²) in [4.78, 5) is 26.4. The van der Waals surface area contributed by atoms with Gasteiger partial charge in [0.25, 0.3) is 0 Å². The van der Waals surface area contributed by atoms with E-state index < -0.39 is 0 Å². The molecule has 3 aromatic rings. The van der Waals surface area contributed by atoms with E-state index in [1.165, 1.54) is 6.33 Å². The quantitative estimate of drug-likeness (QED) is 0.733. The number of piperazine rings is 1. The zero-order valence-corrected chi connectivity index (χ0v) is 16.7. The van der Waals surface area contributed by atoms with Crippen LogP contribution in [0.5, 0.6) is 0 Å². The number of nitrogens with zero attached hydrogens (tertiary/aromatic N) is 6. The number of hydrogen-bond donors (Lipinski definition) is 1. The van der Waals surface area contributed by atoms with Gasteiger partial charge in [-0.1, -0.05) is 26.0 Å². The number of aromatic amines is 1. The molecule has 1 aliphatic heterocycles. The van der Waals surface area contributed by atoms with Crippen molar-refractivity contribution < 1.29 is 4.79 Å². The van der Waals surface area contributed by atoms with Gasteiger partial charge in [-0.2, -0.15) is 10.1 Å². The Bertz CT molecular complexity index is 939. The third-order valence-electron chi connectivity index (χ3n) is 5.30. The minimum absolute atomic E-state index is 0.144. The molecular formula is C20H27N7O.